The van der Waals surface area contributed by atoms with Crippen LogP contribution in [-0.4, -0.2) is 41.1 Å². The molecule has 0 unspecified atom stereocenters. The van der Waals surface area contributed by atoms with Gasteiger partial charge < -0.3 is 28.9 Å². The van der Waals surface area contributed by atoms with Crippen LogP contribution < -0.4 is 28.9 Å². The number of anilines is 7. The van der Waals surface area contributed by atoms with Crippen LogP contribution in [0.1, 0.15) is 38.9 Å². The minimum Gasteiger partial charge on any atom is -0.383 e. The average Bonchev–Trinajstić information content (AvgIpc) is 0.732. The summed E-state index contributed by atoms with van der Waals surface area (Å²) in [6.07, 6.45) is 47.8. The Morgan fingerprint density at radius 2 is 0.485 bits per heavy atom. The molecule has 18 aromatic rings. The average molecular weight is 1670 g/mol. The number of allylic oxidation sites excluding steroid dienone is 10. The maximum absolute atomic E-state index is 2.47. The predicted molar refractivity (Wildman–Crippen MR) is 581 cm³/mol. The highest BCUT2D eigenvalue weighted by molar-refractivity contribution is 6.79. The van der Waals surface area contributed by atoms with E-state index in [1.54, 1.807) is 0 Å². The third-order valence-corrected chi connectivity index (χ3v) is 27.8. The molecule has 12 heteroatoms. The molecule has 0 atom stereocenters. The van der Waals surface area contributed by atoms with Gasteiger partial charge in [-0.1, -0.05) is 393 Å². The van der Waals surface area contributed by atoms with E-state index in [0.717, 1.165) is 0 Å². The Morgan fingerprint density at radius 1 is 0.152 bits per heavy atom. The molecule has 0 spiro atoms. The number of fused-ring (bicyclic) bond motifs is 39. The molecule has 30 rings (SSSR count). The lowest BCUT2D eigenvalue weighted by molar-refractivity contribution is 1.36. The SMILES string of the molecule is C1=CB2C=Cc3c(c4ccccc4c4ccccc34)N2C=C1.C1=CB2C=Cc3cc4c(ccc5ccccc54)cc3N2C=C1.C1=CB2C=Cc3cc4cc5ccccc5cc4cc3N2C=C1.C1=CB2C=Cc3cc4ccc5ccccc5c4cc3N2C=C1.C1=CB2C=Cc3ccc4c(ccc5ccccc54)c3N2C=C1.C1=Cc2ccccc2N2B1C=Cc1ccc3ccccc3c12. The van der Waals surface area contributed by atoms with Gasteiger partial charge in [0.05, 0.1) is 0 Å². The molecule has 0 N–H and O–H groups in total. The van der Waals surface area contributed by atoms with Crippen molar-refractivity contribution in [1.82, 2.24) is 0 Å². The number of para-hydroxylation sites is 1. The van der Waals surface area contributed by atoms with Crippen molar-refractivity contribution in [2.24, 2.45) is 0 Å². The van der Waals surface area contributed by atoms with Gasteiger partial charge >= 0.3 is 41.1 Å². The van der Waals surface area contributed by atoms with Gasteiger partial charge in [-0.05, 0) is 252 Å². The van der Waals surface area contributed by atoms with E-state index >= 15 is 0 Å². The second kappa shape index (κ2) is 33.0. The third kappa shape index (κ3) is 13.8. The molecule has 0 radical (unpaired) electrons. The van der Waals surface area contributed by atoms with Crippen LogP contribution in [0.3, 0.4) is 0 Å². The molecule has 18 aromatic carbocycles. The normalized spacial score (nSPS) is 15.3. The molecule has 612 valence electrons. The Bertz CT molecular complexity index is 8390. The Hall–Kier alpha value is -16.4. The van der Waals surface area contributed by atoms with Crippen LogP contribution >= 0.6 is 0 Å². The van der Waals surface area contributed by atoms with Gasteiger partial charge in [-0.2, -0.15) is 0 Å². The third-order valence-electron chi connectivity index (χ3n) is 27.8. The van der Waals surface area contributed by atoms with Crippen molar-refractivity contribution >= 4 is 242 Å². The van der Waals surface area contributed by atoms with Crippen LogP contribution in [0.2, 0.25) is 0 Å². The topological polar surface area (TPSA) is 19.4 Å². The second-order valence-corrected chi connectivity index (χ2v) is 35.3. The standard InChI is InChI=1S/6C20H14BN/c1-3-7-18-15(5-1)9-10-17-12-14-21-13-11-16-6-2-4-8-19(16)22(21)20(17)18;1-2-9-17-15(7-1)16-8-3-4-10-18(16)20-19(17)11-13-21-12-5-6-14-22(20)21;1-2-6-17-15(5-1)7-10-19-18(17)9-8-16-11-13-21-12-3-4-14-22(21)20(16)19;1-2-6-18-15(5-1)7-8-16-14-20-17(13-19(16)18)9-11-21-10-3-4-12-22(20)21;1-2-6-18-15(5-1)7-8-16-13-17-9-11-21-10-3-4-12-22(21)20(17)14-19(16)18;1-2-6-16-12-19-14-20-17(13-18(19)11-15(16)5-1)7-9-21-8-3-4-10-22(20)21/h6*1-14H. The highest BCUT2D eigenvalue weighted by atomic mass is 15.1. The highest BCUT2D eigenvalue weighted by Crippen LogP contribution is 2.48. The van der Waals surface area contributed by atoms with Crippen molar-refractivity contribution in [3.63, 3.8) is 0 Å². The molecule has 0 bridgehead atoms. The fraction of sp³-hybridized carbons (Fsp3) is 0. The van der Waals surface area contributed by atoms with Gasteiger partial charge in [-0.25, -0.2) is 0 Å². The first-order chi connectivity index (χ1) is 65.4. The first kappa shape index (κ1) is 77.9. The number of benzene rings is 18. The van der Waals surface area contributed by atoms with Crippen molar-refractivity contribution in [3.8, 4) is 0 Å². The van der Waals surface area contributed by atoms with E-state index in [1.165, 1.54) is 197 Å². The largest absolute Gasteiger partial charge is 0.383 e. The molecule has 0 aromatic heterocycles. The summed E-state index contributed by atoms with van der Waals surface area (Å²) in [5.74, 6) is 27.0. The summed E-state index contributed by atoms with van der Waals surface area (Å²) in [5, 5.41) is 28.9. The van der Waals surface area contributed by atoms with E-state index in [4.69, 9.17) is 0 Å². The number of rotatable bonds is 0. The molecule has 12 aliphatic heterocycles. The lowest BCUT2D eigenvalue weighted by Crippen LogP contribution is -2.37. The zero-order chi connectivity index (χ0) is 87.1. The first-order valence-corrected chi connectivity index (χ1v) is 46.1. The van der Waals surface area contributed by atoms with Gasteiger partial charge in [0, 0.05) is 61.5 Å². The Labute approximate surface area is 771 Å². The van der Waals surface area contributed by atoms with Crippen molar-refractivity contribution in [1.29, 1.82) is 0 Å². The van der Waals surface area contributed by atoms with Gasteiger partial charge in [0.15, 0.2) is 0 Å². The molecule has 0 aliphatic carbocycles. The van der Waals surface area contributed by atoms with Crippen molar-refractivity contribution < 1.29 is 0 Å². The van der Waals surface area contributed by atoms with Crippen LogP contribution in [0.15, 0.2) is 467 Å². The van der Waals surface area contributed by atoms with Crippen LogP contribution in [0.4, 0.5) is 39.8 Å². The van der Waals surface area contributed by atoms with Gasteiger partial charge in [0.25, 0.3) is 0 Å². The number of nitrogens with zero attached hydrogens (tertiary/aromatic N) is 6. The van der Waals surface area contributed by atoms with Crippen molar-refractivity contribution in [2.75, 3.05) is 28.9 Å². The molecular formula is C120H84B6N6. The Kier molecular flexibility index (Phi) is 19.5. The van der Waals surface area contributed by atoms with E-state index < -0.39 is 0 Å². The maximum atomic E-state index is 2.47. The van der Waals surface area contributed by atoms with Crippen LogP contribution in [0.5, 0.6) is 0 Å². The number of hydrogen-bond donors (Lipinski definition) is 0. The molecule has 12 heterocycles. The minimum absolute atomic E-state index is 0.299. The molecule has 0 amide bonds. The highest BCUT2D eigenvalue weighted by Gasteiger charge is 2.34. The second-order valence-electron chi connectivity index (χ2n) is 35.3. The smallest absolute Gasteiger partial charge is 0.313 e. The van der Waals surface area contributed by atoms with Gasteiger partial charge in [0.1, 0.15) is 0 Å². The number of hydrogen-bond acceptors (Lipinski definition) is 6. The summed E-state index contributed by atoms with van der Waals surface area (Å²) >= 11 is 0. The molecular weight excluding hydrogens is 1590 g/mol. The Morgan fingerprint density at radius 3 is 1.07 bits per heavy atom. The van der Waals surface area contributed by atoms with E-state index in [2.05, 4.69) is 538 Å². The van der Waals surface area contributed by atoms with E-state index in [1.807, 2.05) is 0 Å². The summed E-state index contributed by atoms with van der Waals surface area (Å²) in [6.45, 7) is 1.97. The molecule has 6 nitrogen and oxygen atoms in total. The molecule has 0 fully saturated rings. The van der Waals surface area contributed by atoms with Crippen molar-refractivity contribution in [2.45, 2.75) is 0 Å². The van der Waals surface area contributed by atoms with E-state index in [9.17, 15) is 0 Å². The van der Waals surface area contributed by atoms with Crippen LogP contribution in [0, 0.1) is 0 Å². The zero-order valence-corrected chi connectivity index (χ0v) is 72.6. The van der Waals surface area contributed by atoms with E-state index in [0.29, 0.717) is 41.1 Å². The lowest BCUT2D eigenvalue weighted by Gasteiger charge is -2.37. The molecule has 0 saturated carbocycles. The van der Waals surface area contributed by atoms with Crippen molar-refractivity contribution in [3.05, 3.63) is 506 Å². The fourth-order valence-corrected chi connectivity index (χ4v) is 21.4. The van der Waals surface area contributed by atoms with Gasteiger partial charge in [0.2, 0.25) is 0 Å². The van der Waals surface area contributed by atoms with Crippen LogP contribution in [-0.2, 0) is 0 Å². The summed E-state index contributed by atoms with van der Waals surface area (Å²) in [5.41, 5.74) is 18.2. The Balaban J connectivity index is 0.0000000851. The summed E-state index contributed by atoms with van der Waals surface area (Å²) in [6, 6.07) is 110. The van der Waals surface area contributed by atoms with E-state index in [-0.39, 0.29) is 0 Å². The van der Waals surface area contributed by atoms with Crippen LogP contribution in [0.25, 0.3) is 161 Å². The molecule has 132 heavy (non-hydrogen) atoms. The summed E-state index contributed by atoms with van der Waals surface area (Å²) in [4.78, 5) is 14.2. The summed E-state index contributed by atoms with van der Waals surface area (Å²) < 4.78 is 0. The maximum Gasteiger partial charge on any atom is 0.313 e. The zero-order valence-electron chi connectivity index (χ0n) is 72.6. The van der Waals surface area contributed by atoms with Gasteiger partial charge in [-0.3, -0.25) is 0 Å². The summed E-state index contributed by atoms with van der Waals surface area (Å²) in [7, 11) is 0. The predicted octanol–water partition coefficient (Wildman–Crippen LogP) is 30.0. The quantitative estimate of drug-likeness (QED) is 0.0850. The molecule has 0 saturated heterocycles. The fourth-order valence-electron chi connectivity index (χ4n) is 21.4. The van der Waals surface area contributed by atoms with Gasteiger partial charge in [-0.15, -0.1) is 0 Å². The molecule has 12 aliphatic rings. The first-order valence-electron chi connectivity index (χ1n) is 46.1. The monoisotopic (exact) mass is 1670 g/mol. The lowest BCUT2D eigenvalue weighted by atomic mass is 9.55. The minimum atomic E-state index is 0.299.